The zero-order valence-electron chi connectivity index (χ0n) is 23.7. The number of hydrogen-bond donors (Lipinski definition) is 1. The van der Waals surface area contributed by atoms with Crippen molar-refractivity contribution in [3.63, 3.8) is 0 Å². The minimum atomic E-state index is -0.764. The van der Waals surface area contributed by atoms with Crippen molar-refractivity contribution in [1.29, 1.82) is 0 Å². The van der Waals surface area contributed by atoms with Crippen LogP contribution in [0, 0.1) is 19.8 Å². The Morgan fingerprint density at radius 3 is 2.32 bits per heavy atom. The van der Waals surface area contributed by atoms with E-state index in [0.717, 1.165) is 54.8 Å². The number of fused-ring (bicyclic) bond motifs is 1. The molecule has 0 aliphatic rings. The van der Waals surface area contributed by atoms with Crippen LogP contribution in [0.25, 0.3) is 11.0 Å². The topological polar surface area (TPSA) is 76.7 Å². The van der Waals surface area contributed by atoms with E-state index in [1.54, 1.807) is 14.2 Å². The molecule has 1 aromatic heterocycles. The molecular formula is C30H43N3O4. The molecule has 1 N–H and O–H groups in total. The smallest absolute Gasteiger partial charge is 0.316 e. The molecule has 2 aromatic carbocycles. The minimum absolute atomic E-state index is 0.0451. The van der Waals surface area contributed by atoms with Crippen LogP contribution in [0.1, 0.15) is 55.6 Å². The molecule has 0 fully saturated rings. The van der Waals surface area contributed by atoms with Crippen molar-refractivity contribution in [2.75, 3.05) is 41.5 Å². The second-order valence-electron chi connectivity index (χ2n) is 10.3. The third kappa shape index (κ3) is 6.27. The summed E-state index contributed by atoms with van der Waals surface area (Å²) in [5.74, 6) is 2.12. The lowest BCUT2D eigenvalue weighted by Gasteiger charge is -2.36. The number of H-pyrrole nitrogens is 1. The fraction of sp³-hybridized carbons (Fsp3) is 0.533. The maximum atomic E-state index is 13.2. The molecule has 0 saturated heterocycles. The predicted octanol–water partition coefficient (Wildman–Crippen LogP) is 5.61. The Kier molecular flexibility index (Phi) is 9.60. The molecule has 7 nitrogen and oxygen atoms in total. The van der Waals surface area contributed by atoms with E-state index in [-0.39, 0.29) is 11.9 Å². The molecule has 0 amide bonds. The molecule has 3 rings (SSSR count). The number of carbonyl (C=O) groups excluding carboxylic acids is 1. The number of hydrogen-bond acceptors (Lipinski definition) is 6. The second-order valence-corrected chi connectivity index (χ2v) is 10.3. The number of aryl methyl sites for hydroxylation is 3. The standard InChI is InChI=1S/C30H43N3O4/c1-20(2)30(29(34)37-8,23-12-13-26(35-6)27(19-23)36-7)14-10-16-33(5)15-9-11-28-31-24-17-21(3)22(4)18-25(24)32-28/h12-13,17-20H,9-11,14-16H2,1-8H3,(H,31,32). The summed E-state index contributed by atoms with van der Waals surface area (Å²) >= 11 is 0. The SMILES string of the molecule is COC(=O)C(CCCN(C)CCCc1nc2cc(C)c(C)cc2[nH]1)(c1ccc(OC)c(OC)c1)C(C)C. The summed E-state index contributed by atoms with van der Waals surface area (Å²) in [5, 5.41) is 0. The molecule has 3 aromatic rings. The highest BCUT2D eigenvalue weighted by Crippen LogP contribution is 2.41. The fourth-order valence-electron chi connectivity index (χ4n) is 5.21. The molecular weight excluding hydrogens is 466 g/mol. The summed E-state index contributed by atoms with van der Waals surface area (Å²) in [4.78, 5) is 23.8. The van der Waals surface area contributed by atoms with E-state index in [9.17, 15) is 4.79 Å². The number of esters is 1. The van der Waals surface area contributed by atoms with E-state index in [4.69, 9.17) is 19.2 Å². The first kappa shape index (κ1) is 28.5. The molecule has 0 radical (unpaired) electrons. The van der Waals surface area contributed by atoms with Gasteiger partial charge in [-0.2, -0.15) is 0 Å². The number of rotatable bonds is 13. The fourth-order valence-corrected chi connectivity index (χ4v) is 5.21. The van der Waals surface area contributed by atoms with Crippen LogP contribution < -0.4 is 9.47 Å². The molecule has 0 bridgehead atoms. The van der Waals surface area contributed by atoms with Crippen LogP contribution in [0.2, 0.25) is 0 Å². The molecule has 1 atom stereocenters. The number of benzene rings is 2. The highest BCUT2D eigenvalue weighted by molar-refractivity contribution is 5.84. The van der Waals surface area contributed by atoms with Crippen molar-refractivity contribution < 1.29 is 19.0 Å². The van der Waals surface area contributed by atoms with E-state index >= 15 is 0 Å². The Labute approximate surface area is 221 Å². The molecule has 0 aliphatic heterocycles. The van der Waals surface area contributed by atoms with Crippen LogP contribution in [-0.2, 0) is 21.4 Å². The molecule has 37 heavy (non-hydrogen) atoms. The maximum Gasteiger partial charge on any atom is 0.316 e. The number of aromatic nitrogens is 2. The summed E-state index contributed by atoms with van der Waals surface area (Å²) in [6, 6.07) is 10.1. The van der Waals surface area contributed by atoms with Crippen molar-refractivity contribution in [2.45, 2.75) is 58.8 Å². The summed E-state index contributed by atoms with van der Waals surface area (Å²) in [5.41, 5.74) is 4.82. The number of nitrogens with zero attached hydrogens (tertiary/aromatic N) is 2. The molecule has 1 heterocycles. The van der Waals surface area contributed by atoms with Gasteiger partial charge in [0.05, 0.1) is 37.8 Å². The van der Waals surface area contributed by atoms with E-state index in [1.807, 2.05) is 18.2 Å². The number of aromatic amines is 1. The first-order chi connectivity index (χ1) is 17.7. The maximum absolute atomic E-state index is 13.2. The average Bonchev–Trinajstić information content (AvgIpc) is 3.26. The van der Waals surface area contributed by atoms with Gasteiger partial charge in [0.15, 0.2) is 11.5 Å². The van der Waals surface area contributed by atoms with Gasteiger partial charge < -0.3 is 24.1 Å². The lowest BCUT2D eigenvalue weighted by molar-refractivity contribution is -0.150. The summed E-state index contributed by atoms with van der Waals surface area (Å²) in [6.45, 7) is 10.2. The predicted molar refractivity (Wildman–Crippen MR) is 149 cm³/mol. The number of methoxy groups -OCH3 is 3. The van der Waals surface area contributed by atoms with E-state index in [1.165, 1.54) is 18.2 Å². The Bertz CT molecular complexity index is 1160. The van der Waals surface area contributed by atoms with Crippen LogP contribution in [0.15, 0.2) is 30.3 Å². The molecule has 0 saturated carbocycles. The third-order valence-corrected chi connectivity index (χ3v) is 7.64. The zero-order chi connectivity index (χ0) is 27.2. The van der Waals surface area contributed by atoms with Gasteiger partial charge in [0, 0.05) is 6.42 Å². The second kappa shape index (κ2) is 12.5. The van der Waals surface area contributed by atoms with Crippen molar-refractivity contribution in [3.8, 4) is 11.5 Å². The van der Waals surface area contributed by atoms with Crippen LogP contribution in [0.4, 0.5) is 0 Å². The number of nitrogens with one attached hydrogen (secondary N) is 1. The number of imidazole rings is 1. The van der Waals surface area contributed by atoms with Gasteiger partial charge in [-0.3, -0.25) is 4.79 Å². The van der Waals surface area contributed by atoms with Crippen LogP contribution >= 0.6 is 0 Å². The van der Waals surface area contributed by atoms with Gasteiger partial charge in [-0.05, 0) is 100 Å². The quantitative estimate of drug-likeness (QED) is 0.302. The van der Waals surface area contributed by atoms with Crippen LogP contribution in [0.3, 0.4) is 0 Å². The lowest BCUT2D eigenvalue weighted by Crippen LogP contribution is -2.42. The van der Waals surface area contributed by atoms with Crippen molar-refractivity contribution in [2.24, 2.45) is 5.92 Å². The van der Waals surface area contributed by atoms with Crippen molar-refractivity contribution >= 4 is 17.0 Å². The Hall–Kier alpha value is -3.06. The summed E-state index contributed by atoms with van der Waals surface area (Å²) in [7, 11) is 6.82. The van der Waals surface area contributed by atoms with Gasteiger partial charge in [0.1, 0.15) is 5.82 Å². The molecule has 0 aliphatic carbocycles. The van der Waals surface area contributed by atoms with E-state index in [2.05, 4.69) is 56.8 Å². The van der Waals surface area contributed by atoms with E-state index < -0.39 is 5.41 Å². The first-order valence-corrected chi connectivity index (χ1v) is 13.1. The minimum Gasteiger partial charge on any atom is -0.493 e. The van der Waals surface area contributed by atoms with Crippen molar-refractivity contribution in [3.05, 3.63) is 52.8 Å². The summed E-state index contributed by atoms with van der Waals surface area (Å²) < 4.78 is 16.3. The van der Waals surface area contributed by atoms with Gasteiger partial charge in [-0.25, -0.2) is 4.98 Å². The highest BCUT2D eigenvalue weighted by Gasteiger charge is 2.44. The van der Waals surface area contributed by atoms with Crippen LogP contribution in [0.5, 0.6) is 11.5 Å². The summed E-state index contributed by atoms with van der Waals surface area (Å²) in [6.07, 6.45) is 3.46. The van der Waals surface area contributed by atoms with Crippen LogP contribution in [-0.4, -0.2) is 62.3 Å². The van der Waals surface area contributed by atoms with Gasteiger partial charge >= 0.3 is 5.97 Å². The van der Waals surface area contributed by atoms with Gasteiger partial charge in [0.2, 0.25) is 0 Å². The monoisotopic (exact) mass is 509 g/mol. The van der Waals surface area contributed by atoms with E-state index in [0.29, 0.717) is 17.9 Å². The molecule has 202 valence electrons. The first-order valence-electron chi connectivity index (χ1n) is 13.1. The van der Waals surface area contributed by atoms with Gasteiger partial charge in [-0.1, -0.05) is 19.9 Å². The van der Waals surface area contributed by atoms with Gasteiger partial charge in [-0.15, -0.1) is 0 Å². The lowest BCUT2D eigenvalue weighted by atomic mass is 9.68. The number of ether oxygens (including phenoxy) is 3. The number of carbonyl (C=O) groups is 1. The molecule has 7 heteroatoms. The normalized spacial score (nSPS) is 13.2. The highest BCUT2D eigenvalue weighted by atomic mass is 16.5. The zero-order valence-corrected chi connectivity index (χ0v) is 23.7. The molecule has 1 unspecified atom stereocenters. The third-order valence-electron chi connectivity index (χ3n) is 7.64. The Morgan fingerprint density at radius 2 is 1.68 bits per heavy atom. The molecule has 0 spiro atoms. The van der Waals surface area contributed by atoms with Crippen molar-refractivity contribution in [1.82, 2.24) is 14.9 Å². The van der Waals surface area contributed by atoms with Gasteiger partial charge in [0.25, 0.3) is 0 Å². The Morgan fingerprint density at radius 1 is 1.00 bits per heavy atom. The largest absolute Gasteiger partial charge is 0.493 e. The Balaban J connectivity index is 1.63. The average molecular weight is 510 g/mol.